The Bertz CT molecular complexity index is 618. The highest BCUT2D eigenvalue weighted by Gasteiger charge is 2.24. The Labute approximate surface area is 134 Å². The average Bonchev–Trinajstić information content (AvgIpc) is 3.04. The van der Waals surface area contributed by atoms with Crippen molar-refractivity contribution in [3.63, 3.8) is 0 Å². The van der Waals surface area contributed by atoms with Gasteiger partial charge in [-0.25, -0.2) is 0 Å². The molecule has 2 N–H and O–H groups in total. The molecule has 8 heteroatoms. The number of carbonyl (C=O) groups is 1. The van der Waals surface area contributed by atoms with Crippen LogP contribution >= 0.6 is 12.4 Å². The van der Waals surface area contributed by atoms with Crippen molar-refractivity contribution in [2.75, 3.05) is 13.1 Å². The van der Waals surface area contributed by atoms with Crippen LogP contribution in [0.25, 0.3) is 5.69 Å². The van der Waals surface area contributed by atoms with E-state index in [0.717, 1.165) is 19.5 Å². The van der Waals surface area contributed by atoms with E-state index >= 15 is 0 Å². The molecule has 22 heavy (non-hydrogen) atoms. The van der Waals surface area contributed by atoms with Gasteiger partial charge in [-0.1, -0.05) is 19.1 Å². The SMILES string of the molecule is CC1CCNCC1NC(=O)c1ccccc1-n1cnnn1.Cl. The van der Waals surface area contributed by atoms with Crippen molar-refractivity contribution >= 4 is 18.3 Å². The topological polar surface area (TPSA) is 84.7 Å². The lowest BCUT2D eigenvalue weighted by atomic mass is 9.94. The van der Waals surface area contributed by atoms with E-state index in [-0.39, 0.29) is 24.4 Å². The fraction of sp³-hybridized carbons (Fsp3) is 0.429. The molecule has 0 spiro atoms. The van der Waals surface area contributed by atoms with E-state index in [2.05, 4.69) is 33.1 Å². The van der Waals surface area contributed by atoms with E-state index in [9.17, 15) is 4.79 Å². The smallest absolute Gasteiger partial charge is 0.253 e. The summed E-state index contributed by atoms with van der Waals surface area (Å²) in [5.74, 6) is 0.372. The van der Waals surface area contributed by atoms with Crippen molar-refractivity contribution in [2.24, 2.45) is 5.92 Å². The largest absolute Gasteiger partial charge is 0.348 e. The van der Waals surface area contributed by atoms with Gasteiger partial charge in [0.1, 0.15) is 6.33 Å². The van der Waals surface area contributed by atoms with Gasteiger partial charge < -0.3 is 10.6 Å². The van der Waals surface area contributed by atoms with E-state index in [1.54, 1.807) is 6.07 Å². The minimum atomic E-state index is -0.0957. The summed E-state index contributed by atoms with van der Waals surface area (Å²) in [6, 6.07) is 7.46. The molecule has 2 aromatic rings. The standard InChI is InChI=1S/C14H18N6O.ClH/c1-10-6-7-15-8-12(10)17-14(21)11-4-2-3-5-13(11)20-9-16-18-19-20;/h2-5,9-10,12,15H,6-8H2,1H3,(H,17,21);1H. The summed E-state index contributed by atoms with van der Waals surface area (Å²) >= 11 is 0. The third-order valence-corrected chi connectivity index (χ3v) is 3.89. The van der Waals surface area contributed by atoms with Crippen LogP contribution in [-0.2, 0) is 0 Å². The second-order valence-corrected chi connectivity index (χ2v) is 5.32. The molecular weight excluding hydrogens is 304 g/mol. The predicted octanol–water partition coefficient (Wildman–Crippen LogP) is 0.812. The van der Waals surface area contributed by atoms with Crippen molar-refractivity contribution in [3.05, 3.63) is 36.2 Å². The Morgan fingerprint density at radius 1 is 1.41 bits per heavy atom. The molecule has 3 rings (SSSR count). The number of carbonyl (C=O) groups excluding carboxylic acids is 1. The van der Waals surface area contributed by atoms with Gasteiger partial charge in [0, 0.05) is 12.6 Å². The Balaban J connectivity index is 0.00000176. The summed E-state index contributed by atoms with van der Waals surface area (Å²) in [6.07, 6.45) is 2.55. The van der Waals surface area contributed by atoms with Gasteiger partial charge in [-0.3, -0.25) is 4.79 Å². The summed E-state index contributed by atoms with van der Waals surface area (Å²) in [5, 5.41) is 17.5. The quantitative estimate of drug-likeness (QED) is 0.873. The van der Waals surface area contributed by atoms with E-state index in [1.165, 1.54) is 11.0 Å². The van der Waals surface area contributed by atoms with Crippen LogP contribution in [0.4, 0.5) is 0 Å². The number of hydrogen-bond donors (Lipinski definition) is 2. The Hall–Kier alpha value is -1.99. The molecule has 7 nitrogen and oxygen atoms in total. The van der Waals surface area contributed by atoms with Crippen LogP contribution < -0.4 is 10.6 Å². The van der Waals surface area contributed by atoms with Crippen LogP contribution in [0, 0.1) is 5.92 Å². The zero-order valence-electron chi connectivity index (χ0n) is 12.3. The fourth-order valence-electron chi connectivity index (χ4n) is 2.57. The van der Waals surface area contributed by atoms with Crippen LogP contribution in [0.5, 0.6) is 0 Å². The molecule has 2 unspecified atom stereocenters. The molecule has 1 saturated heterocycles. The van der Waals surface area contributed by atoms with Crippen LogP contribution in [-0.4, -0.2) is 45.2 Å². The minimum absolute atomic E-state index is 0. The van der Waals surface area contributed by atoms with Crippen molar-refractivity contribution in [1.29, 1.82) is 0 Å². The molecule has 118 valence electrons. The molecule has 1 aromatic carbocycles. The summed E-state index contributed by atoms with van der Waals surface area (Å²) in [7, 11) is 0. The molecule has 0 radical (unpaired) electrons. The zero-order valence-corrected chi connectivity index (χ0v) is 13.1. The molecule has 1 fully saturated rings. The molecule has 2 atom stereocenters. The van der Waals surface area contributed by atoms with Gasteiger partial charge in [-0.05, 0) is 41.4 Å². The lowest BCUT2D eigenvalue weighted by Gasteiger charge is -2.30. The maximum absolute atomic E-state index is 12.6. The van der Waals surface area contributed by atoms with Gasteiger partial charge in [-0.15, -0.1) is 17.5 Å². The highest BCUT2D eigenvalue weighted by molar-refractivity contribution is 5.97. The molecule has 1 aliphatic heterocycles. The third-order valence-electron chi connectivity index (χ3n) is 3.89. The number of aromatic nitrogens is 4. The summed E-state index contributed by atoms with van der Waals surface area (Å²) in [5.41, 5.74) is 1.25. The molecule has 0 aliphatic carbocycles. The second-order valence-electron chi connectivity index (χ2n) is 5.32. The zero-order chi connectivity index (χ0) is 14.7. The van der Waals surface area contributed by atoms with Crippen molar-refractivity contribution < 1.29 is 4.79 Å². The molecule has 0 bridgehead atoms. The first-order valence-electron chi connectivity index (χ1n) is 7.09. The molecule has 0 saturated carbocycles. The van der Waals surface area contributed by atoms with Gasteiger partial charge in [0.2, 0.25) is 0 Å². The first-order valence-corrected chi connectivity index (χ1v) is 7.09. The van der Waals surface area contributed by atoms with Gasteiger partial charge in [0.15, 0.2) is 0 Å². The summed E-state index contributed by atoms with van der Waals surface area (Å²) in [4.78, 5) is 12.6. The van der Waals surface area contributed by atoms with Crippen LogP contribution in [0.3, 0.4) is 0 Å². The molecular formula is C14H19ClN6O. The maximum Gasteiger partial charge on any atom is 0.253 e. The Morgan fingerprint density at radius 2 is 2.23 bits per heavy atom. The van der Waals surface area contributed by atoms with Crippen molar-refractivity contribution in [1.82, 2.24) is 30.8 Å². The lowest BCUT2D eigenvalue weighted by Crippen LogP contribution is -2.50. The van der Waals surface area contributed by atoms with Crippen LogP contribution in [0.1, 0.15) is 23.7 Å². The highest BCUT2D eigenvalue weighted by atomic mass is 35.5. The van der Waals surface area contributed by atoms with Gasteiger partial charge >= 0.3 is 0 Å². The minimum Gasteiger partial charge on any atom is -0.348 e. The number of piperidine rings is 1. The Morgan fingerprint density at radius 3 is 2.95 bits per heavy atom. The molecule has 2 heterocycles. The van der Waals surface area contributed by atoms with Gasteiger partial charge in [0.05, 0.1) is 11.3 Å². The van der Waals surface area contributed by atoms with Crippen LogP contribution in [0.2, 0.25) is 0 Å². The van der Waals surface area contributed by atoms with Crippen LogP contribution in [0.15, 0.2) is 30.6 Å². The fourth-order valence-corrected chi connectivity index (χ4v) is 2.57. The van der Waals surface area contributed by atoms with Gasteiger partial charge in [-0.2, -0.15) is 4.68 Å². The van der Waals surface area contributed by atoms with Gasteiger partial charge in [0.25, 0.3) is 5.91 Å². The molecule has 1 amide bonds. The predicted molar refractivity (Wildman–Crippen MR) is 84.3 cm³/mol. The molecule has 1 aliphatic rings. The first kappa shape index (κ1) is 16.4. The van der Waals surface area contributed by atoms with E-state index < -0.39 is 0 Å². The third kappa shape index (κ3) is 3.42. The Kier molecular flexibility index (Phi) is 5.46. The second kappa shape index (κ2) is 7.33. The number of hydrogen-bond acceptors (Lipinski definition) is 5. The number of nitrogens with one attached hydrogen (secondary N) is 2. The number of nitrogens with zero attached hydrogens (tertiary/aromatic N) is 4. The summed E-state index contributed by atoms with van der Waals surface area (Å²) in [6.45, 7) is 3.98. The van der Waals surface area contributed by atoms with Crippen molar-refractivity contribution in [2.45, 2.75) is 19.4 Å². The number of tetrazole rings is 1. The number of benzene rings is 1. The highest BCUT2D eigenvalue weighted by Crippen LogP contribution is 2.15. The number of amides is 1. The average molecular weight is 323 g/mol. The summed E-state index contributed by atoms with van der Waals surface area (Å²) < 4.78 is 1.50. The monoisotopic (exact) mass is 322 g/mol. The number of halogens is 1. The van der Waals surface area contributed by atoms with E-state index in [4.69, 9.17) is 0 Å². The normalized spacial score (nSPS) is 21.0. The lowest BCUT2D eigenvalue weighted by molar-refractivity contribution is 0.0915. The van der Waals surface area contributed by atoms with Crippen molar-refractivity contribution in [3.8, 4) is 5.69 Å². The number of rotatable bonds is 3. The number of para-hydroxylation sites is 1. The van der Waals surface area contributed by atoms with E-state index in [1.807, 2.05) is 18.2 Å². The maximum atomic E-state index is 12.6. The molecule has 1 aromatic heterocycles. The van der Waals surface area contributed by atoms with E-state index in [0.29, 0.717) is 17.2 Å². The first-order chi connectivity index (χ1) is 10.3.